The summed E-state index contributed by atoms with van der Waals surface area (Å²) in [6.45, 7) is -0.386. The zero-order valence-electron chi connectivity index (χ0n) is 12.9. The van der Waals surface area contributed by atoms with Gasteiger partial charge in [0.25, 0.3) is 5.91 Å². The molecular weight excluding hydrogens is 320 g/mol. The lowest BCUT2D eigenvalue weighted by molar-refractivity contribution is -0.124. The van der Waals surface area contributed by atoms with Crippen LogP contribution in [-0.2, 0) is 19.6 Å². The van der Waals surface area contributed by atoms with Crippen LogP contribution in [0, 0.1) is 0 Å². The Bertz CT molecular complexity index is 681. The van der Waals surface area contributed by atoms with Crippen molar-refractivity contribution >= 4 is 27.6 Å². The van der Waals surface area contributed by atoms with Gasteiger partial charge in [0.2, 0.25) is 10.0 Å². The summed E-state index contributed by atoms with van der Waals surface area (Å²) in [6.07, 6.45) is 5.07. The Morgan fingerprint density at radius 1 is 1.22 bits per heavy atom. The molecular formula is C15H20N2O5S. The number of ether oxygens (including phenoxy) is 1. The van der Waals surface area contributed by atoms with Crippen LogP contribution in [-0.4, -0.2) is 39.2 Å². The first-order valence-corrected chi connectivity index (χ1v) is 9.27. The maximum atomic E-state index is 12.1. The minimum atomic E-state index is -3.52. The normalized spacial score (nSPS) is 15.2. The van der Waals surface area contributed by atoms with Crippen molar-refractivity contribution in [2.75, 3.05) is 17.6 Å². The lowest BCUT2D eigenvalue weighted by Crippen LogP contribution is -2.36. The van der Waals surface area contributed by atoms with Crippen molar-refractivity contribution in [1.82, 2.24) is 5.32 Å². The lowest BCUT2D eigenvalue weighted by atomic mass is 10.2. The van der Waals surface area contributed by atoms with E-state index < -0.39 is 16.0 Å². The maximum Gasteiger partial charge on any atom is 0.340 e. The number of anilines is 1. The van der Waals surface area contributed by atoms with E-state index >= 15 is 0 Å². The summed E-state index contributed by atoms with van der Waals surface area (Å²) >= 11 is 0. The lowest BCUT2D eigenvalue weighted by Gasteiger charge is -2.13. The van der Waals surface area contributed by atoms with Gasteiger partial charge >= 0.3 is 5.97 Å². The molecule has 1 aliphatic carbocycles. The van der Waals surface area contributed by atoms with Crippen molar-refractivity contribution in [2.24, 2.45) is 0 Å². The van der Waals surface area contributed by atoms with Crippen LogP contribution in [0.3, 0.4) is 0 Å². The highest BCUT2D eigenvalue weighted by atomic mass is 32.2. The van der Waals surface area contributed by atoms with Crippen molar-refractivity contribution in [1.29, 1.82) is 0 Å². The smallest absolute Gasteiger partial charge is 0.340 e. The summed E-state index contributed by atoms with van der Waals surface area (Å²) in [5.41, 5.74) is 0.183. The monoisotopic (exact) mass is 340 g/mol. The molecule has 0 heterocycles. The summed E-state index contributed by atoms with van der Waals surface area (Å²) in [5, 5.41) is 2.81. The second-order valence-electron chi connectivity index (χ2n) is 5.54. The zero-order valence-corrected chi connectivity index (χ0v) is 13.7. The van der Waals surface area contributed by atoms with Crippen molar-refractivity contribution in [2.45, 2.75) is 31.7 Å². The minimum absolute atomic E-state index is 0.0617. The molecule has 0 spiro atoms. The molecule has 2 rings (SSSR count). The van der Waals surface area contributed by atoms with Crippen LogP contribution in [0.25, 0.3) is 0 Å². The second kappa shape index (κ2) is 7.45. The fourth-order valence-electron chi connectivity index (χ4n) is 2.50. The van der Waals surface area contributed by atoms with Gasteiger partial charge in [0.05, 0.1) is 17.5 Å². The number of nitrogens with one attached hydrogen (secondary N) is 2. The Hall–Kier alpha value is -2.09. The Morgan fingerprint density at radius 2 is 1.87 bits per heavy atom. The fraction of sp³-hybridized carbons (Fsp3) is 0.467. The first kappa shape index (κ1) is 17.3. The third-order valence-corrected chi connectivity index (χ3v) is 4.09. The standard InChI is InChI=1S/C15H20N2O5S/c1-23(20,21)17-13-9-5-4-8-12(13)15(19)22-10-14(18)16-11-6-2-3-7-11/h4-5,8-9,11,17H,2-3,6-7,10H2,1H3,(H,16,18). The average Bonchev–Trinajstić information content (AvgIpc) is 2.96. The zero-order chi connectivity index (χ0) is 16.9. The number of carbonyl (C=O) groups is 2. The van der Waals surface area contributed by atoms with Crippen LogP contribution < -0.4 is 10.0 Å². The maximum absolute atomic E-state index is 12.1. The highest BCUT2D eigenvalue weighted by molar-refractivity contribution is 7.92. The van der Waals surface area contributed by atoms with Gasteiger partial charge in [0, 0.05) is 6.04 Å². The molecule has 0 aliphatic heterocycles. The molecule has 1 amide bonds. The van der Waals surface area contributed by atoms with Gasteiger partial charge in [0.1, 0.15) is 0 Å². The van der Waals surface area contributed by atoms with Crippen LogP contribution in [0.2, 0.25) is 0 Å². The van der Waals surface area contributed by atoms with E-state index in [0.717, 1.165) is 31.9 Å². The van der Waals surface area contributed by atoms with E-state index in [1.165, 1.54) is 12.1 Å². The average molecular weight is 340 g/mol. The number of amides is 1. The Kier molecular flexibility index (Phi) is 5.59. The van der Waals surface area contributed by atoms with Gasteiger partial charge in [-0.15, -0.1) is 0 Å². The van der Waals surface area contributed by atoms with Gasteiger partial charge in [-0.2, -0.15) is 0 Å². The summed E-state index contributed by atoms with van der Waals surface area (Å²) < 4.78 is 29.8. The highest BCUT2D eigenvalue weighted by Gasteiger charge is 2.19. The molecule has 0 unspecified atom stereocenters. The molecule has 1 fully saturated rings. The van der Waals surface area contributed by atoms with Crippen LogP contribution in [0.15, 0.2) is 24.3 Å². The van der Waals surface area contributed by atoms with E-state index in [2.05, 4.69) is 10.0 Å². The van der Waals surface area contributed by atoms with E-state index in [-0.39, 0.29) is 29.8 Å². The molecule has 126 valence electrons. The van der Waals surface area contributed by atoms with Gasteiger partial charge < -0.3 is 10.1 Å². The Morgan fingerprint density at radius 3 is 2.52 bits per heavy atom. The number of hydrogen-bond acceptors (Lipinski definition) is 5. The van der Waals surface area contributed by atoms with E-state index in [1.807, 2.05) is 0 Å². The summed E-state index contributed by atoms with van der Waals surface area (Å²) in [7, 11) is -3.52. The summed E-state index contributed by atoms with van der Waals surface area (Å²) in [6, 6.07) is 6.22. The molecule has 1 aromatic rings. The number of benzene rings is 1. The van der Waals surface area contributed by atoms with Crippen LogP contribution in [0.4, 0.5) is 5.69 Å². The molecule has 23 heavy (non-hydrogen) atoms. The second-order valence-corrected chi connectivity index (χ2v) is 7.29. The predicted octanol–water partition coefficient (Wildman–Crippen LogP) is 1.27. The van der Waals surface area contributed by atoms with Crippen LogP contribution in [0.1, 0.15) is 36.0 Å². The van der Waals surface area contributed by atoms with Crippen LogP contribution >= 0.6 is 0 Å². The van der Waals surface area contributed by atoms with E-state index in [0.29, 0.717) is 0 Å². The van der Waals surface area contributed by atoms with Crippen molar-refractivity contribution in [3.63, 3.8) is 0 Å². The van der Waals surface area contributed by atoms with Crippen molar-refractivity contribution in [3.05, 3.63) is 29.8 Å². The number of esters is 1. The highest BCUT2D eigenvalue weighted by Crippen LogP contribution is 2.18. The Labute approximate surface area is 135 Å². The molecule has 0 bridgehead atoms. The quantitative estimate of drug-likeness (QED) is 0.760. The number of rotatable bonds is 6. The van der Waals surface area contributed by atoms with Gasteiger partial charge in [-0.05, 0) is 25.0 Å². The minimum Gasteiger partial charge on any atom is -0.452 e. The SMILES string of the molecule is CS(=O)(=O)Nc1ccccc1C(=O)OCC(=O)NC1CCCC1. The molecule has 0 atom stereocenters. The van der Waals surface area contributed by atoms with E-state index in [9.17, 15) is 18.0 Å². The molecule has 0 saturated heterocycles. The molecule has 1 saturated carbocycles. The van der Waals surface area contributed by atoms with E-state index in [1.54, 1.807) is 12.1 Å². The van der Waals surface area contributed by atoms with Gasteiger partial charge in [-0.3, -0.25) is 9.52 Å². The van der Waals surface area contributed by atoms with Gasteiger partial charge in [-0.1, -0.05) is 25.0 Å². The number of carbonyl (C=O) groups excluding carboxylic acids is 2. The molecule has 1 aliphatic rings. The van der Waals surface area contributed by atoms with Gasteiger partial charge in [-0.25, -0.2) is 13.2 Å². The van der Waals surface area contributed by atoms with Crippen molar-refractivity contribution < 1.29 is 22.7 Å². The number of para-hydroxylation sites is 1. The first-order chi connectivity index (χ1) is 10.8. The summed E-state index contributed by atoms with van der Waals surface area (Å²) in [5.74, 6) is -1.10. The fourth-order valence-corrected chi connectivity index (χ4v) is 3.08. The summed E-state index contributed by atoms with van der Waals surface area (Å²) in [4.78, 5) is 23.8. The molecule has 0 aromatic heterocycles. The molecule has 0 radical (unpaired) electrons. The molecule has 8 heteroatoms. The first-order valence-electron chi connectivity index (χ1n) is 7.38. The predicted molar refractivity (Wildman–Crippen MR) is 85.6 cm³/mol. The third kappa shape index (κ3) is 5.55. The number of sulfonamides is 1. The molecule has 1 aromatic carbocycles. The third-order valence-electron chi connectivity index (χ3n) is 3.50. The van der Waals surface area contributed by atoms with Crippen molar-refractivity contribution in [3.8, 4) is 0 Å². The largest absolute Gasteiger partial charge is 0.452 e. The van der Waals surface area contributed by atoms with E-state index in [4.69, 9.17) is 4.74 Å². The molecule has 2 N–H and O–H groups in total. The Balaban J connectivity index is 1.94. The topological polar surface area (TPSA) is 102 Å². The van der Waals surface area contributed by atoms with Crippen LogP contribution in [0.5, 0.6) is 0 Å². The number of hydrogen-bond donors (Lipinski definition) is 2. The molecule has 7 nitrogen and oxygen atoms in total. The van der Waals surface area contributed by atoms with Gasteiger partial charge in [0.15, 0.2) is 6.61 Å².